The van der Waals surface area contributed by atoms with E-state index in [0.717, 1.165) is 51.4 Å². The fourth-order valence-corrected chi connectivity index (χ4v) is 6.18. The lowest BCUT2D eigenvalue weighted by Crippen LogP contribution is -2.48. The second kappa shape index (κ2) is 17.5. The Kier molecular flexibility index (Phi) is 13.4. The summed E-state index contributed by atoms with van der Waals surface area (Å²) < 4.78 is 26.0. The van der Waals surface area contributed by atoms with Crippen LogP contribution in [0.4, 0.5) is 20.6 Å². The van der Waals surface area contributed by atoms with Crippen LogP contribution in [-0.4, -0.2) is 84.4 Å². The maximum atomic E-state index is 14.3. The Labute approximate surface area is 278 Å². The molecule has 4 atom stereocenters. The fraction of sp³-hybridized carbons (Fsp3) is 0.583. The Bertz CT molecular complexity index is 1340. The van der Waals surface area contributed by atoms with Gasteiger partial charge in [-0.3, -0.25) is 9.59 Å². The van der Waals surface area contributed by atoms with E-state index in [4.69, 9.17) is 9.47 Å². The van der Waals surface area contributed by atoms with Gasteiger partial charge in [0.05, 0.1) is 30.4 Å². The van der Waals surface area contributed by atoms with Gasteiger partial charge in [0.25, 0.3) is 5.91 Å². The highest BCUT2D eigenvalue weighted by Crippen LogP contribution is 2.30. The second-order valence-electron chi connectivity index (χ2n) is 13.2. The first-order valence-electron chi connectivity index (χ1n) is 17.0. The number of rotatable bonds is 7. The van der Waals surface area contributed by atoms with Gasteiger partial charge in [0, 0.05) is 50.0 Å². The van der Waals surface area contributed by atoms with Gasteiger partial charge in [-0.2, -0.15) is 0 Å². The van der Waals surface area contributed by atoms with Gasteiger partial charge in [0.1, 0.15) is 11.6 Å². The number of halogens is 1. The summed E-state index contributed by atoms with van der Waals surface area (Å²) >= 11 is 0. The van der Waals surface area contributed by atoms with Crippen LogP contribution in [0.25, 0.3) is 0 Å². The number of nitrogens with zero attached hydrogens (tertiary/aromatic N) is 2. The number of ether oxygens (including phenoxy) is 2. The van der Waals surface area contributed by atoms with Gasteiger partial charge < -0.3 is 35.0 Å². The normalized spacial score (nSPS) is 22.3. The minimum Gasteiger partial charge on any atom is -0.490 e. The molecule has 2 aromatic carbocycles. The molecule has 0 unspecified atom stereocenters. The van der Waals surface area contributed by atoms with Gasteiger partial charge in [-0.1, -0.05) is 26.2 Å². The van der Waals surface area contributed by atoms with Crippen molar-refractivity contribution in [2.45, 2.75) is 90.4 Å². The molecule has 2 aromatic rings. The quantitative estimate of drug-likeness (QED) is 0.322. The summed E-state index contributed by atoms with van der Waals surface area (Å²) in [5, 5.41) is 16.0. The van der Waals surface area contributed by atoms with Crippen molar-refractivity contribution >= 4 is 29.2 Å². The van der Waals surface area contributed by atoms with Gasteiger partial charge >= 0.3 is 6.03 Å². The smallest absolute Gasteiger partial charge is 0.321 e. The summed E-state index contributed by atoms with van der Waals surface area (Å²) in [5.74, 6) is -0.582. The van der Waals surface area contributed by atoms with E-state index in [1.807, 2.05) is 13.8 Å². The summed E-state index contributed by atoms with van der Waals surface area (Å²) in [6, 6.07) is 9.87. The van der Waals surface area contributed by atoms with Gasteiger partial charge in [-0.15, -0.1) is 0 Å². The fourth-order valence-electron chi connectivity index (χ4n) is 6.18. The maximum absolute atomic E-state index is 14.3. The number of nitrogens with one attached hydrogen (secondary N) is 2. The highest BCUT2D eigenvalue weighted by Gasteiger charge is 2.31. The molecule has 0 radical (unpaired) electrons. The molecule has 10 nitrogen and oxygen atoms in total. The maximum Gasteiger partial charge on any atom is 0.321 e. The second-order valence-corrected chi connectivity index (χ2v) is 13.2. The average molecular weight is 655 g/mol. The van der Waals surface area contributed by atoms with Crippen molar-refractivity contribution in [3.8, 4) is 5.75 Å². The van der Waals surface area contributed by atoms with Crippen LogP contribution in [0.3, 0.4) is 0 Å². The third-order valence-corrected chi connectivity index (χ3v) is 9.19. The first kappa shape index (κ1) is 36.1. The summed E-state index contributed by atoms with van der Waals surface area (Å²) in [5.41, 5.74) is 1.32. The molecule has 47 heavy (non-hydrogen) atoms. The van der Waals surface area contributed by atoms with Crippen LogP contribution in [-0.2, 0) is 9.53 Å². The van der Waals surface area contributed by atoms with Crippen LogP contribution in [0.15, 0.2) is 42.5 Å². The van der Waals surface area contributed by atoms with Gasteiger partial charge in [-0.05, 0) is 88.4 Å². The highest BCUT2D eigenvalue weighted by molar-refractivity contribution is 6.00. The number of amides is 4. The van der Waals surface area contributed by atoms with Crippen molar-refractivity contribution < 1.29 is 33.4 Å². The molecule has 4 rings (SSSR count). The van der Waals surface area contributed by atoms with E-state index < -0.39 is 18.0 Å². The number of hydrogen-bond acceptors (Lipinski definition) is 6. The third kappa shape index (κ3) is 10.4. The van der Waals surface area contributed by atoms with Crippen LogP contribution >= 0.6 is 0 Å². The van der Waals surface area contributed by atoms with Gasteiger partial charge in [-0.25, -0.2) is 9.18 Å². The summed E-state index contributed by atoms with van der Waals surface area (Å²) in [4.78, 5) is 43.6. The molecule has 4 amide bonds. The summed E-state index contributed by atoms with van der Waals surface area (Å²) in [7, 11) is 1.66. The molecular weight excluding hydrogens is 603 g/mol. The molecule has 1 aliphatic heterocycles. The van der Waals surface area contributed by atoms with E-state index in [0.29, 0.717) is 29.3 Å². The average Bonchev–Trinajstić information content (AvgIpc) is 3.07. The standard InChI is InChI=1S/C36H51FN4O6/c1-24-21-41(25(2)23-42)35(44)31-20-30(38-34(43)27-11-6-5-7-12-27)17-18-32(31)47-26(3)10-8-9-19-46-33(24)22-40(4)36(45)39-29-15-13-28(37)14-16-29/h13-18,20,24-27,33,42H,5-12,19,21-23H2,1-4H3,(H,38,43)(H,39,45)/t24-,25-,26-,33+/m1/s1. The van der Waals surface area contributed by atoms with Crippen LogP contribution in [0.2, 0.25) is 0 Å². The molecule has 0 bridgehead atoms. The van der Waals surface area contributed by atoms with Crippen molar-refractivity contribution in [2.75, 3.05) is 44.0 Å². The number of anilines is 2. The van der Waals surface area contributed by atoms with Crippen LogP contribution in [0, 0.1) is 17.7 Å². The number of likely N-dealkylation sites (N-methyl/N-ethyl adjacent to an activating group) is 1. The molecule has 1 saturated carbocycles. The molecule has 3 N–H and O–H groups in total. The van der Waals surface area contributed by atoms with Crippen LogP contribution < -0.4 is 15.4 Å². The molecule has 2 aliphatic rings. The van der Waals surface area contributed by atoms with Crippen molar-refractivity contribution in [1.29, 1.82) is 0 Å². The van der Waals surface area contributed by atoms with Crippen molar-refractivity contribution in [3.63, 3.8) is 0 Å². The first-order chi connectivity index (χ1) is 22.5. The number of benzene rings is 2. The Hall–Kier alpha value is -3.70. The van der Waals surface area contributed by atoms with E-state index in [-0.39, 0.29) is 55.5 Å². The van der Waals surface area contributed by atoms with Crippen LogP contribution in [0.1, 0.15) is 82.5 Å². The van der Waals surface area contributed by atoms with Crippen molar-refractivity contribution in [3.05, 3.63) is 53.8 Å². The Morgan fingerprint density at radius 1 is 1.00 bits per heavy atom. The number of hydrogen-bond donors (Lipinski definition) is 3. The Morgan fingerprint density at radius 2 is 1.68 bits per heavy atom. The zero-order valence-electron chi connectivity index (χ0n) is 28.2. The molecule has 1 fully saturated rings. The molecule has 258 valence electrons. The number of fused-ring (bicyclic) bond motifs is 1. The topological polar surface area (TPSA) is 120 Å². The van der Waals surface area contributed by atoms with E-state index in [9.17, 15) is 23.9 Å². The van der Waals surface area contributed by atoms with E-state index in [1.54, 1.807) is 37.1 Å². The van der Waals surface area contributed by atoms with E-state index in [2.05, 4.69) is 10.6 Å². The predicted octanol–water partition coefficient (Wildman–Crippen LogP) is 6.30. The zero-order valence-corrected chi connectivity index (χ0v) is 28.2. The minimum atomic E-state index is -0.524. The summed E-state index contributed by atoms with van der Waals surface area (Å²) in [6.07, 6.45) is 6.74. The molecule has 0 spiro atoms. The van der Waals surface area contributed by atoms with Crippen LogP contribution in [0.5, 0.6) is 5.75 Å². The lowest BCUT2D eigenvalue weighted by Gasteiger charge is -2.35. The van der Waals surface area contributed by atoms with E-state index >= 15 is 0 Å². The largest absolute Gasteiger partial charge is 0.490 e. The number of carbonyl (C=O) groups is 3. The molecule has 11 heteroatoms. The third-order valence-electron chi connectivity index (χ3n) is 9.19. The Balaban J connectivity index is 1.57. The highest BCUT2D eigenvalue weighted by atomic mass is 19.1. The lowest BCUT2D eigenvalue weighted by atomic mass is 9.88. The van der Waals surface area contributed by atoms with Gasteiger partial charge in [0.2, 0.25) is 5.91 Å². The number of urea groups is 1. The monoisotopic (exact) mass is 654 g/mol. The molecule has 0 saturated heterocycles. The molecule has 0 aromatic heterocycles. The predicted molar refractivity (Wildman–Crippen MR) is 180 cm³/mol. The van der Waals surface area contributed by atoms with Gasteiger partial charge in [0.15, 0.2) is 0 Å². The number of aliphatic hydroxyl groups is 1. The molecule has 1 aliphatic carbocycles. The number of aliphatic hydroxyl groups excluding tert-OH is 1. The lowest BCUT2D eigenvalue weighted by molar-refractivity contribution is -0.120. The zero-order chi connectivity index (χ0) is 33.9. The Morgan fingerprint density at radius 3 is 2.38 bits per heavy atom. The summed E-state index contributed by atoms with van der Waals surface area (Å²) in [6.45, 7) is 6.42. The SMILES string of the molecule is C[C@@H]1CCCCO[C@@H](CN(C)C(=O)Nc2ccc(F)cc2)[C@H](C)CN([C@H](C)CO)C(=O)c2cc(NC(=O)C3CCCCC3)ccc2O1. The van der Waals surface area contributed by atoms with E-state index in [1.165, 1.54) is 29.2 Å². The molecular formula is C36H51FN4O6. The van der Waals surface area contributed by atoms with Crippen molar-refractivity contribution in [1.82, 2.24) is 9.80 Å². The molecule has 1 heterocycles. The number of carbonyl (C=O) groups excluding carboxylic acids is 3. The minimum absolute atomic E-state index is 0.0333. The van der Waals surface area contributed by atoms with Crippen molar-refractivity contribution in [2.24, 2.45) is 11.8 Å². The first-order valence-corrected chi connectivity index (χ1v) is 17.0.